The van der Waals surface area contributed by atoms with Crippen molar-refractivity contribution < 1.29 is 14.1 Å². The SMILES string of the molecule is O=C(CSc1ccc(F)cc1)N1CCN(c2ccc([N+](=O)[O-])cc2)CC1. The second kappa shape index (κ2) is 8.18. The van der Waals surface area contributed by atoms with E-state index >= 15 is 0 Å². The Morgan fingerprint density at radius 1 is 1.04 bits per heavy atom. The molecule has 0 aliphatic carbocycles. The number of carbonyl (C=O) groups is 1. The Hall–Kier alpha value is -2.61. The average Bonchev–Trinajstić information content (AvgIpc) is 2.67. The number of carbonyl (C=O) groups excluding carboxylic acids is 1. The molecule has 1 amide bonds. The molecule has 1 aliphatic rings. The summed E-state index contributed by atoms with van der Waals surface area (Å²) in [5, 5.41) is 10.7. The summed E-state index contributed by atoms with van der Waals surface area (Å²) in [6, 6.07) is 12.6. The van der Waals surface area contributed by atoms with Crippen LogP contribution in [0.4, 0.5) is 15.8 Å². The Morgan fingerprint density at radius 3 is 2.23 bits per heavy atom. The van der Waals surface area contributed by atoms with Crippen LogP contribution in [0.3, 0.4) is 0 Å². The topological polar surface area (TPSA) is 66.7 Å². The predicted octanol–water partition coefficient (Wildman–Crippen LogP) is 3.17. The summed E-state index contributed by atoms with van der Waals surface area (Å²) in [7, 11) is 0. The van der Waals surface area contributed by atoms with Crippen molar-refractivity contribution in [3.05, 3.63) is 64.5 Å². The first-order chi connectivity index (χ1) is 12.5. The van der Waals surface area contributed by atoms with E-state index in [1.165, 1.54) is 36.0 Å². The fraction of sp³-hybridized carbons (Fsp3) is 0.278. The molecule has 0 aromatic heterocycles. The summed E-state index contributed by atoms with van der Waals surface area (Å²) >= 11 is 1.40. The van der Waals surface area contributed by atoms with Gasteiger partial charge in [-0.1, -0.05) is 0 Å². The molecular formula is C18H18FN3O3S. The number of thioether (sulfide) groups is 1. The van der Waals surface area contributed by atoms with E-state index in [-0.39, 0.29) is 17.4 Å². The average molecular weight is 375 g/mol. The van der Waals surface area contributed by atoms with Gasteiger partial charge in [-0.25, -0.2) is 4.39 Å². The Kier molecular flexibility index (Phi) is 5.72. The second-order valence-electron chi connectivity index (χ2n) is 5.88. The Labute approximate surface area is 154 Å². The Morgan fingerprint density at radius 2 is 1.65 bits per heavy atom. The van der Waals surface area contributed by atoms with E-state index in [1.807, 2.05) is 4.90 Å². The van der Waals surface area contributed by atoms with Crippen LogP contribution in [0.25, 0.3) is 0 Å². The van der Waals surface area contributed by atoms with Crippen LogP contribution >= 0.6 is 11.8 Å². The fourth-order valence-corrected chi connectivity index (χ4v) is 3.57. The first kappa shape index (κ1) is 18.2. The lowest BCUT2D eigenvalue weighted by atomic mass is 10.2. The quantitative estimate of drug-likeness (QED) is 0.456. The molecule has 3 rings (SSSR count). The van der Waals surface area contributed by atoms with Crippen LogP contribution < -0.4 is 4.90 Å². The standard InChI is InChI=1S/C18H18FN3O3S/c19-14-1-7-17(8-2-14)26-13-18(23)21-11-9-20(10-12-21)15-3-5-16(6-4-15)22(24)25/h1-8H,9-13H2. The van der Waals surface area contributed by atoms with Gasteiger partial charge in [-0.3, -0.25) is 14.9 Å². The van der Waals surface area contributed by atoms with E-state index in [4.69, 9.17) is 0 Å². The number of benzene rings is 2. The number of amides is 1. The first-order valence-electron chi connectivity index (χ1n) is 8.18. The highest BCUT2D eigenvalue weighted by Crippen LogP contribution is 2.22. The summed E-state index contributed by atoms with van der Waals surface area (Å²) in [4.78, 5) is 27.4. The molecule has 0 bridgehead atoms. The minimum atomic E-state index is -0.417. The third kappa shape index (κ3) is 4.51. The van der Waals surface area contributed by atoms with Gasteiger partial charge >= 0.3 is 0 Å². The predicted molar refractivity (Wildman–Crippen MR) is 99.0 cm³/mol. The number of anilines is 1. The maximum atomic E-state index is 12.9. The van der Waals surface area contributed by atoms with Crippen LogP contribution in [-0.2, 0) is 4.79 Å². The highest BCUT2D eigenvalue weighted by molar-refractivity contribution is 8.00. The van der Waals surface area contributed by atoms with Crippen molar-refractivity contribution in [2.24, 2.45) is 0 Å². The minimum Gasteiger partial charge on any atom is -0.368 e. The monoisotopic (exact) mass is 375 g/mol. The highest BCUT2D eigenvalue weighted by atomic mass is 32.2. The minimum absolute atomic E-state index is 0.0580. The number of rotatable bonds is 5. The van der Waals surface area contributed by atoms with E-state index in [1.54, 1.807) is 24.3 Å². The van der Waals surface area contributed by atoms with Gasteiger partial charge in [0.05, 0.1) is 10.7 Å². The lowest BCUT2D eigenvalue weighted by Gasteiger charge is -2.36. The summed E-state index contributed by atoms with van der Waals surface area (Å²) in [6.07, 6.45) is 0. The largest absolute Gasteiger partial charge is 0.368 e. The summed E-state index contributed by atoms with van der Waals surface area (Å²) in [5.41, 5.74) is 0.990. The van der Waals surface area contributed by atoms with Crippen molar-refractivity contribution in [2.75, 3.05) is 36.8 Å². The molecule has 0 N–H and O–H groups in total. The number of nitro benzene ring substituents is 1. The molecule has 2 aromatic carbocycles. The Bertz CT molecular complexity index is 775. The van der Waals surface area contributed by atoms with E-state index < -0.39 is 4.92 Å². The smallest absolute Gasteiger partial charge is 0.269 e. The van der Waals surface area contributed by atoms with E-state index in [0.29, 0.717) is 31.9 Å². The number of nitro groups is 1. The van der Waals surface area contributed by atoms with E-state index in [2.05, 4.69) is 4.90 Å². The van der Waals surface area contributed by atoms with Gasteiger partial charge in [0.15, 0.2) is 0 Å². The van der Waals surface area contributed by atoms with Crippen molar-refractivity contribution in [2.45, 2.75) is 4.90 Å². The van der Waals surface area contributed by atoms with Crippen LogP contribution in [0.1, 0.15) is 0 Å². The molecule has 0 atom stereocenters. The number of hydrogen-bond donors (Lipinski definition) is 0. The lowest BCUT2D eigenvalue weighted by Crippen LogP contribution is -2.49. The summed E-state index contributed by atoms with van der Waals surface area (Å²) < 4.78 is 12.9. The van der Waals surface area contributed by atoms with Gasteiger partial charge in [0.2, 0.25) is 5.91 Å². The maximum absolute atomic E-state index is 12.9. The number of piperazine rings is 1. The molecule has 0 saturated carbocycles. The number of nitrogens with zero attached hydrogens (tertiary/aromatic N) is 3. The third-order valence-corrected chi connectivity index (χ3v) is 5.23. The number of non-ortho nitro benzene ring substituents is 1. The van der Waals surface area contributed by atoms with Crippen molar-refractivity contribution in [1.82, 2.24) is 4.90 Å². The van der Waals surface area contributed by atoms with Gasteiger partial charge in [-0.15, -0.1) is 11.8 Å². The lowest BCUT2D eigenvalue weighted by molar-refractivity contribution is -0.384. The molecule has 136 valence electrons. The van der Waals surface area contributed by atoms with Gasteiger partial charge in [-0.2, -0.15) is 0 Å². The molecule has 0 spiro atoms. The molecule has 0 radical (unpaired) electrons. The zero-order valence-electron chi connectivity index (χ0n) is 14.0. The fourth-order valence-electron chi connectivity index (χ4n) is 2.77. The zero-order chi connectivity index (χ0) is 18.5. The molecule has 1 aliphatic heterocycles. The maximum Gasteiger partial charge on any atom is 0.269 e. The normalized spacial score (nSPS) is 14.3. The number of hydrogen-bond acceptors (Lipinski definition) is 5. The summed E-state index contributed by atoms with van der Waals surface area (Å²) in [5.74, 6) is 0.0918. The zero-order valence-corrected chi connectivity index (χ0v) is 14.8. The van der Waals surface area contributed by atoms with Crippen LogP contribution in [0.5, 0.6) is 0 Å². The molecule has 8 heteroatoms. The van der Waals surface area contributed by atoms with E-state index in [9.17, 15) is 19.3 Å². The van der Waals surface area contributed by atoms with Gasteiger partial charge in [0.1, 0.15) is 5.82 Å². The van der Waals surface area contributed by atoms with Crippen molar-refractivity contribution in [3.8, 4) is 0 Å². The summed E-state index contributed by atoms with van der Waals surface area (Å²) in [6.45, 7) is 2.59. The van der Waals surface area contributed by atoms with Crippen LogP contribution in [0.15, 0.2) is 53.4 Å². The highest BCUT2D eigenvalue weighted by Gasteiger charge is 2.21. The number of halogens is 1. The molecule has 0 unspecified atom stereocenters. The first-order valence-corrected chi connectivity index (χ1v) is 9.17. The van der Waals surface area contributed by atoms with Crippen LogP contribution in [0.2, 0.25) is 0 Å². The molecule has 1 saturated heterocycles. The van der Waals surface area contributed by atoms with Gasteiger partial charge in [-0.05, 0) is 36.4 Å². The third-order valence-electron chi connectivity index (χ3n) is 4.23. The molecule has 6 nitrogen and oxygen atoms in total. The molecule has 26 heavy (non-hydrogen) atoms. The van der Waals surface area contributed by atoms with Crippen molar-refractivity contribution in [1.29, 1.82) is 0 Å². The second-order valence-corrected chi connectivity index (χ2v) is 6.93. The van der Waals surface area contributed by atoms with Gasteiger partial charge in [0.25, 0.3) is 5.69 Å². The van der Waals surface area contributed by atoms with Gasteiger partial charge < -0.3 is 9.80 Å². The molecular weight excluding hydrogens is 357 g/mol. The van der Waals surface area contributed by atoms with Crippen molar-refractivity contribution in [3.63, 3.8) is 0 Å². The molecule has 1 heterocycles. The molecule has 1 fully saturated rings. The van der Waals surface area contributed by atoms with E-state index in [0.717, 1.165) is 10.6 Å². The van der Waals surface area contributed by atoms with Crippen LogP contribution in [0, 0.1) is 15.9 Å². The van der Waals surface area contributed by atoms with Crippen molar-refractivity contribution >= 4 is 29.0 Å². The molecule has 2 aromatic rings. The Balaban J connectivity index is 1.48. The van der Waals surface area contributed by atoms with Gasteiger partial charge in [0, 0.05) is 48.9 Å². The van der Waals surface area contributed by atoms with Crippen LogP contribution in [-0.4, -0.2) is 47.7 Å².